The Kier molecular flexibility index (Phi) is 7.20. The number of rotatable bonds is 9. The average Bonchev–Trinajstić information content (AvgIpc) is 2.65. The summed E-state index contributed by atoms with van der Waals surface area (Å²) in [5.41, 5.74) is 1.88. The van der Waals surface area contributed by atoms with Crippen molar-refractivity contribution in [2.45, 2.75) is 24.2 Å². The van der Waals surface area contributed by atoms with Crippen LogP contribution in [-0.2, 0) is 27.7 Å². The van der Waals surface area contributed by atoms with Crippen molar-refractivity contribution >= 4 is 15.9 Å². The van der Waals surface area contributed by atoms with Gasteiger partial charge >= 0.3 is 0 Å². The van der Waals surface area contributed by atoms with E-state index >= 15 is 0 Å². The molecule has 0 bridgehead atoms. The lowest BCUT2D eigenvalue weighted by Crippen LogP contribution is -2.25. The van der Waals surface area contributed by atoms with E-state index < -0.39 is 10.0 Å². The monoisotopic (exact) mass is 392 g/mol. The van der Waals surface area contributed by atoms with Crippen molar-refractivity contribution in [2.75, 3.05) is 20.8 Å². The Morgan fingerprint density at radius 3 is 2.07 bits per heavy atom. The zero-order valence-corrected chi connectivity index (χ0v) is 16.2. The predicted molar refractivity (Wildman–Crippen MR) is 102 cm³/mol. The molecule has 0 saturated heterocycles. The highest BCUT2D eigenvalue weighted by Crippen LogP contribution is 2.23. The lowest BCUT2D eigenvalue weighted by Gasteiger charge is -2.09. The summed E-state index contributed by atoms with van der Waals surface area (Å²) in [5.74, 6) is 1.32. The number of amides is 1. The Balaban J connectivity index is 1.80. The minimum atomic E-state index is -3.69. The van der Waals surface area contributed by atoms with E-state index in [0.717, 1.165) is 11.1 Å². The normalized spacial score (nSPS) is 11.1. The number of primary sulfonamides is 1. The van der Waals surface area contributed by atoms with Gasteiger partial charge in [-0.2, -0.15) is 0 Å². The molecule has 0 heterocycles. The largest absolute Gasteiger partial charge is 0.497 e. The van der Waals surface area contributed by atoms with Crippen LogP contribution >= 0.6 is 0 Å². The molecule has 27 heavy (non-hydrogen) atoms. The molecular weight excluding hydrogens is 368 g/mol. The van der Waals surface area contributed by atoms with Gasteiger partial charge in [-0.05, 0) is 48.2 Å². The van der Waals surface area contributed by atoms with Crippen LogP contribution in [-0.4, -0.2) is 35.1 Å². The molecule has 1 amide bonds. The van der Waals surface area contributed by atoms with Crippen LogP contribution in [0.2, 0.25) is 0 Å². The zero-order chi connectivity index (χ0) is 19.9. The molecule has 0 radical (unpaired) electrons. The molecular formula is C19H24N2O5S. The van der Waals surface area contributed by atoms with Crippen LogP contribution in [0.4, 0.5) is 0 Å². The Morgan fingerprint density at radius 1 is 0.963 bits per heavy atom. The number of nitrogens with two attached hydrogens (primary N) is 1. The highest BCUT2D eigenvalue weighted by molar-refractivity contribution is 7.89. The van der Waals surface area contributed by atoms with Gasteiger partial charge in [0.1, 0.15) is 11.5 Å². The van der Waals surface area contributed by atoms with Crippen molar-refractivity contribution in [1.29, 1.82) is 0 Å². The average molecular weight is 392 g/mol. The van der Waals surface area contributed by atoms with E-state index in [0.29, 0.717) is 37.3 Å². The van der Waals surface area contributed by atoms with Crippen molar-refractivity contribution in [2.24, 2.45) is 5.14 Å². The fourth-order valence-electron chi connectivity index (χ4n) is 2.55. The van der Waals surface area contributed by atoms with Gasteiger partial charge in [0.2, 0.25) is 15.9 Å². The molecule has 0 aliphatic heterocycles. The van der Waals surface area contributed by atoms with Crippen LogP contribution in [0.1, 0.15) is 17.5 Å². The molecule has 0 aromatic heterocycles. The van der Waals surface area contributed by atoms with Crippen LogP contribution in [0, 0.1) is 0 Å². The lowest BCUT2D eigenvalue weighted by molar-refractivity contribution is -0.121. The van der Waals surface area contributed by atoms with E-state index in [1.807, 2.05) is 12.1 Å². The third-order valence-electron chi connectivity index (χ3n) is 4.04. The molecule has 0 aliphatic rings. The molecule has 0 aliphatic carbocycles. The maximum absolute atomic E-state index is 12.0. The molecule has 0 atom stereocenters. The molecule has 3 N–H and O–H groups in total. The predicted octanol–water partition coefficient (Wildman–Crippen LogP) is 1.64. The van der Waals surface area contributed by atoms with Gasteiger partial charge < -0.3 is 14.8 Å². The molecule has 2 aromatic carbocycles. The molecule has 0 unspecified atom stereocenters. The van der Waals surface area contributed by atoms with Gasteiger partial charge in [0, 0.05) is 19.0 Å². The maximum Gasteiger partial charge on any atom is 0.238 e. The number of sulfonamides is 1. The quantitative estimate of drug-likeness (QED) is 0.675. The minimum Gasteiger partial charge on any atom is -0.497 e. The molecule has 7 nitrogen and oxygen atoms in total. The van der Waals surface area contributed by atoms with Crippen molar-refractivity contribution < 1.29 is 22.7 Å². The summed E-state index contributed by atoms with van der Waals surface area (Å²) in [4.78, 5) is 12.1. The summed E-state index contributed by atoms with van der Waals surface area (Å²) in [6, 6.07) is 11.8. The molecule has 0 fully saturated rings. The van der Waals surface area contributed by atoms with Gasteiger partial charge in [-0.25, -0.2) is 13.6 Å². The summed E-state index contributed by atoms with van der Waals surface area (Å²) >= 11 is 0. The Bertz CT molecular complexity index is 857. The maximum atomic E-state index is 12.0. The number of methoxy groups -OCH3 is 2. The Labute approximate surface area is 159 Å². The highest BCUT2D eigenvalue weighted by Gasteiger charge is 2.08. The SMILES string of the molecule is COc1cc(CCC(=O)NCCc2ccc(S(N)(=O)=O)cc2)cc(OC)c1. The van der Waals surface area contributed by atoms with Crippen molar-refractivity contribution in [3.8, 4) is 11.5 Å². The minimum absolute atomic E-state index is 0.0575. The second-order valence-electron chi connectivity index (χ2n) is 6.01. The van der Waals surface area contributed by atoms with E-state index in [1.165, 1.54) is 12.1 Å². The molecule has 2 rings (SSSR count). The van der Waals surface area contributed by atoms with Crippen LogP contribution in [0.25, 0.3) is 0 Å². The van der Waals surface area contributed by atoms with Crippen LogP contribution in [0.15, 0.2) is 47.4 Å². The van der Waals surface area contributed by atoms with Crippen molar-refractivity contribution in [3.05, 3.63) is 53.6 Å². The first-order valence-electron chi connectivity index (χ1n) is 8.42. The first-order chi connectivity index (χ1) is 12.8. The number of nitrogens with one attached hydrogen (secondary N) is 1. The molecule has 0 saturated carbocycles. The molecule has 8 heteroatoms. The lowest BCUT2D eigenvalue weighted by atomic mass is 10.1. The Morgan fingerprint density at radius 2 is 1.56 bits per heavy atom. The van der Waals surface area contributed by atoms with Crippen molar-refractivity contribution in [1.82, 2.24) is 5.32 Å². The summed E-state index contributed by atoms with van der Waals surface area (Å²) < 4.78 is 32.9. The first-order valence-corrected chi connectivity index (χ1v) is 9.97. The first kappa shape index (κ1) is 20.7. The fraction of sp³-hybridized carbons (Fsp3) is 0.316. The standard InChI is InChI=1S/C19H24N2O5S/c1-25-16-11-15(12-17(13-16)26-2)5-8-19(22)21-10-9-14-3-6-18(7-4-14)27(20,23)24/h3-4,6-7,11-13H,5,8-10H2,1-2H3,(H,21,22)(H2,20,23,24). The molecule has 0 spiro atoms. The van der Waals surface area contributed by atoms with Crippen LogP contribution in [0.5, 0.6) is 11.5 Å². The number of hydrogen-bond acceptors (Lipinski definition) is 5. The van der Waals surface area contributed by atoms with Crippen LogP contribution < -0.4 is 19.9 Å². The topological polar surface area (TPSA) is 108 Å². The third kappa shape index (κ3) is 6.58. The van der Waals surface area contributed by atoms with Gasteiger partial charge in [0.15, 0.2) is 0 Å². The number of carbonyl (C=O) groups is 1. The highest BCUT2D eigenvalue weighted by atomic mass is 32.2. The Hall–Kier alpha value is -2.58. The zero-order valence-electron chi connectivity index (χ0n) is 15.4. The van der Waals surface area contributed by atoms with Crippen LogP contribution in [0.3, 0.4) is 0 Å². The summed E-state index contributed by atoms with van der Waals surface area (Å²) in [5, 5.41) is 7.92. The number of benzene rings is 2. The summed E-state index contributed by atoms with van der Waals surface area (Å²) in [6.07, 6.45) is 1.52. The van der Waals surface area contributed by atoms with Crippen molar-refractivity contribution in [3.63, 3.8) is 0 Å². The van der Waals surface area contributed by atoms with E-state index in [4.69, 9.17) is 14.6 Å². The van der Waals surface area contributed by atoms with E-state index in [-0.39, 0.29) is 10.8 Å². The number of aryl methyl sites for hydroxylation is 1. The van der Waals surface area contributed by atoms with E-state index in [1.54, 1.807) is 32.4 Å². The van der Waals surface area contributed by atoms with Gasteiger partial charge in [-0.3, -0.25) is 4.79 Å². The third-order valence-corrected chi connectivity index (χ3v) is 4.97. The van der Waals surface area contributed by atoms with Gasteiger partial charge in [0.05, 0.1) is 19.1 Å². The van der Waals surface area contributed by atoms with E-state index in [9.17, 15) is 13.2 Å². The van der Waals surface area contributed by atoms with Gasteiger partial charge in [-0.1, -0.05) is 12.1 Å². The second-order valence-corrected chi connectivity index (χ2v) is 7.57. The van der Waals surface area contributed by atoms with Gasteiger partial charge in [-0.15, -0.1) is 0 Å². The molecule has 2 aromatic rings. The number of carbonyl (C=O) groups excluding carboxylic acids is 1. The van der Waals surface area contributed by atoms with E-state index in [2.05, 4.69) is 5.32 Å². The second kappa shape index (κ2) is 9.38. The summed E-state index contributed by atoms with van der Waals surface area (Å²) in [6.45, 7) is 0.467. The smallest absolute Gasteiger partial charge is 0.238 e. The summed E-state index contributed by atoms with van der Waals surface area (Å²) in [7, 11) is -0.517. The molecule has 146 valence electrons. The fourth-order valence-corrected chi connectivity index (χ4v) is 3.06. The van der Waals surface area contributed by atoms with Gasteiger partial charge in [0.25, 0.3) is 0 Å². The number of ether oxygens (including phenoxy) is 2. The number of hydrogen-bond donors (Lipinski definition) is 2.